The van der Waals surface area contributed by atoms with Crippen LogP contribution in [0.25, 0.3) is 17.1 Å². The van der Waals surface area contributed by atoms with E-state index in [-0.39, 0.29) is 11.6 Å². The average Bonchev–Trinajstić information content (AvgIpc) is 3.22. The molecule has 0 saturated heterocycles. The molecular formula is C24H20ClFN4O2S. The summed E-state index contributed by atoms with van der Waals surface area (Å²) in [6.45, 7) is 1.74. The van der Waals surface area contributed by atoms with Gasteiger partial charge >= 0.3 is 0 Å². The van der Waals surface area contributed by atoms with Crippen LogP contribution in [0.5, 0.6) is 5.75 Å². The van der Waals surface area contributed by atoms with E-state index in [9.17, 15) is 9.18 Å². The number of nitrogens with zero attached hydrogens (tertiary/aromatic N) is 3. The Morgan fingerprint density at radius 3 is 2.52 bits per heavy atom. The summed E-state index contributed by atoms with van der Waals surface area (Å²) < 4.78 is 21.7. The Morgan fingerprint density at radius 2 is 1.76 bits per heavy atom. The summed E-state index contributed by atoms with van der Waals surface area (Å²) in [7, 11) is 1.54. The third-order valence-electron chi connectivity index (χ3n) is 4.86. The number of halogens is 2. The zero-order valence-electron chi connectivity index (χ0n) is 17.8. The van der Waals surface area contributed by atoms with Gasteiger partial charge in [0.15, 0.2) is 11.0 Å². The van der Waals surface area contributed by atoms with E-state index < -0.39 is 11.1 Å². The summed E-state index contributed by atoms with van der Waals surface area (Å²) in [6, 6.07) is 20.6. The number of carbonyl (C=O) groups is 1. The van der Waals surface area contributed by atoms with Gasteiger partial charge in [-0.3, -0.25) is 9.36 Å². The van der Waals surface area contributed by atoms with Crippen LogP contribution in [0, 0.1) is 5.82 Å². The van der Waals surface area contributed by atoms with Crippen LogP contribution < -0.4 is 10.1 Å². The van der Waals surface area contributed by atoms with Gasteiger partial charge in [-0.15, -0.1) is 10.2 Å². The first-order chi connectivity index (χ1) is 16.0. The molecule has 1 heterocycles. The fourth-order valence-electron chi connectivity index (χ4n) is 3.21. The Hall–Kier alpha value is -3.36. The Kier molecular flexibility index (Phi) is 6.96. The summed E-state index contributed by atoms with van der Waals surface area (Å²) in [6.07, 6.45) is 0. The SMILES string of the molecule is COc1ccccc1NC(=O)[C@@H](C)Sc1nnc(-c2ccccc2Cl)n1-c1ccccc1F. The van der Waals surface area contributed by atoms with Crippen LogP contribution in [0.1, 0.15) is 6.92 Å². The summed E-state index contributed by atoms with van der Waals surface area (Å²) in [5, 5.41) is 11.7. The number of anilines is 1. The van der Waals surface area contributed by atoms with Crippen molar-refractivity contribution in [2.75, 3.05) is 12.4 Å². The van der Waals surface area contributed by atoms with E-state index >= 15 is 0 Å². The molecular weight excluding hydrogens is 463 g/mol. The highest BCUT2D eigenvalue weighted by atomic mass is 35.5. The minimum absolute atomic E-state index is 0.258. The van der Waals surface area contributed by atoms with Crippen molar-refractivity contribution >= 4 is 35.0 Å². The van der Waals surface area contributed by atoms with Crippen molar-refractivity contribution in [1.82, 2.24) is 14.8 Å². The lowest BCUT2D eigenvalue weighted by molar-refractivity contribution is -0.115. The van der Waals surface area contributed by atoms with Gasteiger partial charge in [0.2, 0.25) is 5.91 Å². The van der Waals surface area contributed by atoms with Gasteiger partial charge < -0.3 is 10.1 Å². The molecule has 0 radical (unpaired) electrons. The molecule has 0 aliphatic rings. The predicted molar refractivity (Wildman–Crippen MR) is 129 cm³/mol. The van der Waals surface area contributed by atoms with Crippen molar-refractivity contribution in [1.29, 1.82) is 0 Å². The van der Waals surface area contributed by atoms with Crippen LogP contribution in [0.2, 0.25) is 5.02 Å². The number of amides is 1. The molecule has 33 heavy (non-hydrogen) atoms. The summed E-state index contributed by atoms with van der Waals surface area (Å²) in [4.78, 5) is 12.9. The Morgan fingerprint density at radius 1 is 1.06 bits per heavy atom. The number of ether oxygens (including phenoxy) is 1. The smallest absolute Gasteiger partial charge is 0.237 e. The van der Waals surface area contributed by atoms with Crippen LogP contribution in [-0.4, -0.2) is 33.0 Å². The first-order valence-corrected chi connectivity index (χ1v) is 11.3. The third kappa shape index (κ3) is 4.86. The van der Waals surface area contributed by atoms with Crippen LogP contribution in [0.15, 0.2) is 78.0 Å². The number of aromatic nitrogens is 3. The second kappa shape index (κ2) is 10.1. The lowest BCUT2D eigenvalue weighted by atomic mass is 10.2. The zero-order valence-corrected chi connectivity index (χ0v) is 19.4. The Balaban J connectivity index is 1.69. The van der Waals surface area contributed by atoms with Gasteiger partial charge in [0.1, 0.15) is 11.6 Å². The highest BCUT2D eigenvalue weighted by Crippen LogP contribution is 2.34. The first kappa shape index (κ1) is 22.8. The molecule has 9 heteroatoms. The molecule has 0 aliphatic heterocycles. The van der Waals surface area contributed by atoms with Crippen molar-refractivity contribution < 1.29 is 13.9 Å². The van der Waals surface area contributed by atoms with Crippen LogP contribution >= 0.6 is 23.4 Å². The van der Waals surface area contributed by atoms with E-state index in [0.717, 1.165) is 11.8 Å². The number of hydrogen-bond donors (Lipinski definition) is 1. The minimum atomic E-state index is -0.566. The first-order valence-electron chi connectivity index (χ1n) is 10.1. The predicted octanol–water partition coefficient (Wildman–Crippen LogP) is 5.85. The molecule has 3 aromatic carbocycles. The molecule has 0 bridgehead atoms. The number of hydrogen-bond acceptors (Lipinski definition) is 5. The van der Waals surface area contributed by atoms with Crippen molar-refractivity contribution in [3.8, 4) is 22.8 Å². The highest BCUT2D eigenvalue weighted by molar-refractivity contribution is 8.00. The maximum atomic E-state index is 14.8. The number of para-hydroxylation sites is 3. The fourth-order valence-corrected chi connectivity index (χ4v) is 4.29. The Bertz CT molecular complexity index is 1300. The van der Waals surface area contributed by atoms with E-state index in [1.165, 1.54) is 13.2 Å². The number of carbonyl (C=O) groups excluding carboxylic acids is 1. The molecule has 1 amide bonds. The summed E-state index contributed by atoms with van der Waals surface area (Å²) >= 11 is 7.55. The van der Waals surface area contributed by atoms with E-state index in [0.29, 0.717) is 33.0 Å². The highest BCUT2D eigenvalue weighted by Gasteiger charge is 2.24. The second-order valence-electron chi connectivity index (χ2n) is 7.02. The van der Waals surface area contributed by atoms with Crippen molar-refractivity contribution in [2.45, 2.75) is 17.3 Å². The quantitative estimate of drug-likeness (QED) is 0.334. The van der Waals surface area contributed by atoms with Crippen LogP contribution in [0.4, 0.5) is 10.1 Å². The van der Waals surface area contributed by atoms with Gasteiger partial charge in [-0.25, -0.2) is 4.39 Å². The van der Waals surface area contributed by atoms with E-state index in [1.54, 1.807) is 66.1 Å². The largest absolute Gasteiger partial charge is 0.495 e. The topological polar surface area (TPSA) is 69.0 Å². The maximum Gasteiger partial charge on any atom is 0.237 e. The molecule has 0 aliphatic carbocycles. The minimum Gasteiger partial charge on any atom is -0.495 e. The van der Waals surface area contributed by atoms with Gasteiger partial charge in [0.05, 0.1) is 28.8 Å². The molecule has 4 rings (SSSR count). The maximum absolute atomic E-state index is 14.8. The molecule has 0 saturated carbocycles. The van der Waals surface area contributed by atoms with Gasteiger partial charge in [-0.1, -0.05) is 59.8 Å². The molecule has 168 valence electrons. The van der Waals surface area contributed by atoms with Gasteiger partial charge in [-0.05, 0) is 43.3 Å². The molecule has 0 fully saturated rings. The van der Waals surface area contributed by atoms with Crippen molar-refractivity contribution in [2.24, 2.45) is 0 Å². The number of nitrogens with one attached hydrogen (secondary N) is 1. The zero-order chi connectivity index (χ0) is 23.4. The molecule has 1 atom stereocenters. The summed E-state index contributed by atoms with van der Waals surface area (Å²) in [5.41, 5.74) is 1.43. The van der Waals surface area contributed by atoms with Gasteiger partial charge in [0, 0.05) is 5.56 Å². The number of thioether (sulfide) groups is 1. The third-order valence-corrected chi connectivity index (χ3v) is 6.23. The Labute approximate surface area is 199 Å². The molecule has 0 spiro atoms. The average molecular weight is 483 g/mol. The number of benzene rings is 3. The monoisotopic (exact) mass is 482 g/mol. The van der Waals surface area contributed by atoms with E-state index in [1.807, 2.05) is 12.1 Å². The standard InChI is InChI=1S/C24H20ClFN4O2S/c1-15(23(31)27-19-12-6-8-14-21(19)32-2)33-24-29-28-22(16-9-3-4-10-17(16)25)30(24)20-13-7-5-11-18(20)26/h3-15H,1-2H3,(H,27,31)/t15-/m1/s1. The molecule has 1 aromatic heterocycles. The van der Waals surface area contributed by atoms with E-state index in [2.05, 4.69) is 15.5 Å². The molecule has 1 N–H and O–H groups in total. The van der Waals surface area contributed by atoms with Crippen LogP contribution in [0.3, 0.4) is 0 Å². The van der Waals surface area contributed by atoms with Crippen molar-refractivity contribution in [3.63, 3.8) is 0 Å². The number of methoxy groups -OCH3 is 1. The molecule has 0 unspecified atom stereocenters. The fraction of sp³-hybridized carbons (Fsp3) is 0.125. The normalized spacial score (nSPS) is 11.8. The van der Waals surface area contributed by atoms with Crippen LogP contribution in [-0.2, 0) is 4.79 Å². The van der Waals surface area contributed by atoms with E-state index in [4.69, 9.17) is 16.3 Å². The van der Waals surface area contributed by atoms with Gasteiger partial charge in [-0.2, -0.15) is 0 Å². The molecule has 4 aromatic rings. The summed E-state index contributed by atoms with van der Waals surface area (Å²) in [5.74, 6) is 0.231. The van der Waals surface area contributed by atoms with Gasteiger partial charge in [0.25, 0.3) is 0 Å². The lowest BCUT2D eigenvalue weighted by Gasteiger charge is -2.15. The van der Waals surface area contributed by atoms with Crippen molar-refractivity contribution in [3.05, 3.63) is 83.6 Å². The molecule has 6 nitrogen and oxygen atoms in total. The lowest BCUT2D eigenvalue weighted by Crippen LogP contribution is -2.23. The second-order valence-corrected chi connectivity index (χ2v) is 8.74. The number of rotatable bonds is 7.